The number of nitrogens with zero attached hydrogens (tertiary/aromatic N) is 2. The predicted molar refractivity (Wildman–Crippen MR) is 66.8 cm³/mol. The summed E-state index contributed by atoms with van der Waals surface area (Å²) in [6.07, 6.45) is 1.07. The van der Waals surface area contributed by atoms with Gasteiger partial charge in [0.05, 0.1) is 10.6 Å². The first-order valence-corrected chi connectivity index (χ1v) is 5.28. The number of anilines is 1. The van der Waals surface area contributed by atoms with Gasteiger partial charge in [0.25, 0.3) is 5.69 Å². The van der Waals surface area contributed by atoms with Gasteiger partial charge in [-0.05, 0) is 12.1 Å². The molecular weight excluding hydrogens is 258 g/mol. The third kappa shape index (κ3) is 2.49. The molecule has 0 unspecified atom stereocenters. The first-order valence-electron chi connectivity index (χ1n) is 4.90. The molecule has 1 heterocycles. The standard InChI is InChI=1S/C11H8ClN3O3/c12-8-5-7(15(16)17)6-14-11(8)18-10-4-2-1-3-9(10)13/h1-6H,13H2. The van der Waals surface area contributed by atoms with Crippen molar-refractivity contribution in [2.24, 2.45) is 0 Å². The van der Waals surface area contributed by atoms with E-state index in [2.05, 4.69) is 4.98 Å². The SMILES string of the molecule is Nc1ccccc1Oc1ncc([N+](=O)[O-])cc1Cl. The van der Waals surface area contributed by atoms with Crippen LogP contribution in [0.15, 0.2) is 36.5 Å². The van der Waals surface area contributed by atoms with E-state index >= 15 is 0 Å². The molecule has 0 radical (unpaired) electrons. The molecule has 18 heavy (non-hydrogen) atoms. The van der Waals surface area contributed by atoms with Crippen LogP contribution in [-0.2, 0) is 0 Å². The average Bonchev–Trinajstić information content (AvgIpc) is 2.34. The van der Waals surface area contributed by atoms with E-state index in [-0.39, 0.29) is 16.6 Å². The topological polar surface area (TPSA) is 91.3 Å². The van der Waals surface area contributed by atoms with Crippen LogP contribution >= 0.6 is 11.6 Å². The molecule has 0 saturated carbocycles. The Bertz CT molecular complexity index is 604. The summed E-state index contributed by atoms with van der Waals surface area (Å²) in [5, 5.41) is 10.6. The third-order valence-electron chi connectivity index (χ3n) is 2.13. The fourth-order valence-corrected chi connectivity index (χ4v) is 1.47. The van der Waals surface area contributed by atoms with Crippen LogP contribution in [0, 0.1) is 10.1 Å². The third-order valence-corrected chi connectivity index (χ3v) is 2.40. The second kappa shape index (κ2) is 4.89. The lowest BCUT2D eigenvalue weighted by Crippen LogP contribution is -1.95. The van der Waals surface area contributed by atoms with Gasteiger partial charge in [-0.2, -0.15) is 0 Å². The summed E-state index contributed by atoms with van der Waals surface area (Å²) in [5.74, 6) is 0.459. The van der Waals surface area contributed by atoms with Gasteiger partial charge in [-0.15, -0.1) is 0 Å². The minimum absolute atomic E-state index is 0.0486. The van der Waals surface area contributed by atoms with E-state index in [0.717, 1.165) is 6.20 Å². The van der Waals surface area contributed by atoms with E-state index in [1.165, 1.54) is 6.07 Å². The monoisotopic (exact) mass is 265 g/mol. The maximum atomic E-state index is 10.5. The average molecular weight is 266 g/mol. The van der Waals surface area contributed by atoms with E-state index in [1.54, 1.807) is 24.3 Å². The van der Waals surface area contributed by atoms with Crippen LogP contribution in [-0.4, -0.2) is 9.91 Å². The van der Waals surface area contributed by atoms with E-state index < -0.39 is 4.92 Å². The predicted octanol–water partition coefficient (Wildman–Crippen LogP) is 3.02. The molecule has 0 aliphatic rings. The Morgan fingerprint density at radius 3 is 2.72 bits per heavy atom. The number of hydrogen-bond acceptors (Lipinski definition) is 5. The molecule has 7 heteroatoms. The van der Waals surface area contributed by atoms with Crippen molar-refractivity contribution in [2.75, 3.05) is 5.73 Å². The fraction of sp³-hybridized carbons (Fsp3) is 0. The zero-order chi connectivity index (χ0) is 13.1. The highest BCUT2D eigenvalue weighted by molar-refractivity contribution is 6.32. The molecule has 1 aromatic carbocycles. The van der Waals surface area contributed by atoms with Crippen molar-refractivity contribution < 1.29 is 9.66 Å². The molecule has 0 aliphatic heterocycles. The molecule has 0 bridgehead atoms. The second-order valence-electron chi connectivity index (χ2n) is 3.38. The maximum Gasteiger partial charge on any atom is 0.289 e. The summed E-state index contributed by atoms with van der Waals surface area (Å²) < 4.78 is 5.38. The highest BCUT2D eigenvalue weighted by Gasteiger charge is 2.13. The van der Waals surface area contributed by atoms with Crippen LogP contribution < -0.4 is 10.5 Å². The van der Waals surface area contributed by atoms with Crippen molar-refractivity contribution in [1.82, 2.24) is 4.98 Å². The van der Waals surface area contributed by atoms with Crippen molar-refractivity contribution in [3.8, 4) is 11.6 Å². The molecule has 0 amide bonds. The zero-order valence-electron chi connectivity index (χ0n) is 9.04. The number of nitrogen functional groups attached to an aromatic ring is 1. The van der Waals surface area contributed by atoms with Crippen LogP contribution in [0.2, 0.25) is 5.02 Å². The Morgan fingerprint density at radius 2 is 2.11 bits per heavy atom. The van der Waals surface area contributed by atoms with Crippen molar-refractivity contribution in [3.63, 3.8) is 0 Å². The molecule has 0 aliphatic carbocycles. The van der Waals surface area contributed by atoms with Gasteiger partial charge in [-0.1, -0.05) is 23.7 Å². The van der Waals surface area contributed by atoms with E-state index in [4.69, 9.17) is 22.1 Å². The Hall–Kier alpha value is -2.34. The van der Waals surface area contributed by atoms with Gasteiger partial charge in [0.15, 0.2) is 5.75 Å². The summed E-state index contributed by atoms with van der Waals surface area (Å²) in [4.78, 5) is 13.7. The summed E-state index contributed by atoms with van der Waals surface area (Å²) >= 11 is 5.84. The number of nitrogens with two attached hydrogens (primary N) is 1. The minimum atomic E-state index is -0.584. The van der Waals surface area contributed by atoms with E-state index in [0.29, 0.717) is 11.4 Å². The molecule has 0 spiro atoms. The zero-order valence-corrected chi connectivity index (χ0v) is 9.79. The van der Waals surface area contributed by atoms with Gasteiger partial charge in [0.1, 0.15) is 11.2 Å². The van der Waals surface area contributed by atoms with Crippen molar-refractivity contribution in [2.45, 2.75) is 0 Å². The Labute approximate surface area is 107 Å². The van der Waals surface area contributed by atoms with Gasteiger partial charge in [0.2, 0.25) is 5.88 Å². The quantitative estimate of drug-likeness (QED) is 0.523. The van der Waals surface area contributed by atoms with Crippen molar-refractivity contribution in [1.29, 1.82) is 0 Å². The molecule has 2 rings (SSSR count). The molecule has 0 atom stereocenters. The maximum absolute atomic E-state index is 10.5. The number of rotatable bonds is 3. The molecule has 6 nitrogen and oxygen atoms in total. The molecular formula is C11H8ClN3O3. The fourth-order valence-electron chi connectivity index (χ4n) is 1.27. The second-order valence-corrected chi connectivity index (χ2v) is 3.78. The Kier molecular flexibility index (Phi) is 3.29. The minimum Gasteiger partial charge on any atom is -0.435 e. The van der Waals surface area contributed by atoms with Gasteiger partial charge >= 0.3 is 0 Å². The number of halogens is 1. The number of nitro groups is 1. The summed E-state index contributed by atoms with van der Waals surface area (Å²) in [6, 6.07) is 7.98. The largest absolute Gasteiger partial charge is 0.435 e. The van der Waals surface area contributed by atoms with Crippen LogP contribution in [0.4, 0.5) is 11.4 Å². The van der Waals surface area contributed by atoms with Crippen molar-refractivity contribution >= 4 is 23.0 Å². The normalized spacial score (nSPS) is 10.1. The lowest BCUT2D eigenvalue weighted by Gasteiger charge is -2.07. The molecule has 0 fully saturated rings. The summed E-state index contributed by atoms with van der Waals surface area (Å²) in [6.45, 7) is 0. The highest BCUT2D eigenvalue weighted by atomic mass is 35.5. The number of benzene rings is 1. The molecule has 0 saturated heterocycles. The first-order chi connectivity index (χ1) is 8.58. The number of para-hydroxylation sites is 2. The van der Waals surface area contributed by atoms with Crippen LogP contribution in [0.1, 0.15) is 0 Å². The summed E-state index contributed by atoms with van der Waals surface area (Å²) in [7, 11) is 0. The van der Waals surface area contributed by atoms with Gasteiger partial charge in [-0.25, -0.2) is 4.98 Å². The van der Waals surface area contributed by atoms with Crippen LogP contribution in [0.5, 0.6) is 11.6 Å². The number of ether oxygens (including phenoxy) is 1. The first kappa shape index (κ1) is 12.1. The van der Waals surface area contributed by atoms with Crippen LogP contribution in [0.25, 0.3) is 0 Å². The van der Waals surface area contributed by atoms with Gasteiger partial charge < -0.3 is 10.5 Å². The highest BCUT2D eigenvalue weighted by Crippen LogP contribution is 2.32. The number of aromatic nitrogens is 1. The van der Waals surface area contributed by atoms with Crippen LogP contribution in [0.3, 0.4) is 0 Å². The van der Waals surface area contributed by atoms with E-state index in [1.807, 2.05) is 0 Å². The smallest absolute Gasteiger partial charge is 0.289 e. The molecule has 2 N–H and O–H groups in total. The lowest BCUT2D eigenvalue weighted by molar-refractivity contribution is -0.385. The molecule has 2 aromatic rings. The Balaban J connectivity index is 2.30. The van der Waals surface area contributed by atoms with E-state index in [9.17, 15) is 10.1 Å². The van der Waals surface area contributed by atoms with Crippen molar-refractivity contribution in [3.05, 3.63) is 51.7 Å². The van der Waals surface area contributed by atoms with Gasteiger partial charge in [0, 0.05) is 6.07 Å². The Morgan fingerprint density at radius 1 is 1.39 bits per heavy atom. The molecule has 1 aromatic heterocycles. The lowest BCUT2D eigenvalue weighted by atomic mass is 10.3. The number of hydrogen-bond donors (Lipinski definition) is 1. The summed E-state index contributed by atoms with van der Waals surface area (Å²) in [5.41, 5.74) is 5.92. The van der Waals surface area contributed by atoms with Gasteiger partial charge in [-0.3, -0.25) is 10.1 Å². The molecule has 92 valence electrons. The number of pyridine rings is 1.